The van der Waals surface area contributed by atoms with E-state index < -0.39 is 40.3 Å². The molecule has 4 rings (SSSR count). The SMILES string of the molecule is O=C(c1ccc(-c2cccn3c(=O)c(Br)c(C(F)(F)F)nc23)cc1)N1CCOC(C(F)F)C1. The fourth-order valence-electron chi connectivity index (χ4n) is 3.54. The summed E-state index contributed by atoms with van der Waals surface area (Å²) in [6, 6.07) is 8.86. The molecule has 1 aliphatic rings. The molecule has 12 heteroatoms. The average Bonchev–Trinajstić information content (AvgIpc) is 2.80. The largest absolute Gasteiger partial charge is 0.434 e. The quantitative estimate of drug-likeness (QED) is 0.474. The van der Waals surface area contributed by atoms with Crippen molar-refractivity contribution in [1.82, 2.24) is 14.3 Å². The highest BCUT2D eigenvalue weighted by atomic mass is 79.9. The van der Waals surface area contributed by atoms with E-state index >= 15 is 0 Å². The molecule has 174 valence electrons. The molecular weight excluding hydrogens is 517 g/mol. The Hall–Kier alpha value is -2.86. The number of alkyl halides is 5. The van der Waals surface area contributed by atoms with Crippen LogP contribution in [0.2, 0.25) is 0 Å². The molecule has 0 radical (unpaired) electrons. The summed E-state index contributed by atoms with van der Waals surface area (Å²) < 4.78 is 71.1. The van der Waals surface area contributed by atoms with Crippen LogP contribution in [0.25, 0.3) is 16.8 Å². The highest BCUT2D eigenvalue weighted by Gasteiger charge is 2.37. The molecular formula is C21H15BrF5N3O3. The van der Waals surface area contributed by atoms with Gasteiger partial charge in [-0.25, -0.2) is 13.8 Å². The Morgan fingerprint density at radius 1 is 1.18 bits per heavy atom. The van der Waals surface area contributed by atoms with E-state index in [2.05, 4.69) is 20.9 Å². The van der Waals surface area contributed by atoms with Gasteiger partial charge in [0, 0.05) is 23.9 Å². The van der Waals surface area contributed by atoms with Crippen molar-refractivity contribution >= 4 is 27.5 Å². The fraction of sp³-hybridized carbons (Fsp3) is 0.286. The number of morpholine rings is 1. The summed E-state index contributed by atoms with van der Waals surface area (Å²) in [4.78, 5) is 30.1. The van der Waals surface area contributed by atoms with Crippen molar-refractivity contribution in [2.24, 2.45) is 0 Å². The van der Waals surface area contributed by atoms with Gasteiger partial charge in [-0.2, -0.15) is 13.2 Å². The molecule has 1 atom stereocenters. The van der Waals surface area contributed by atoms with Crippen molar-refractivity contribution in [2.45, 2.75) is 18.7 Å². The first-order valence-electron chi connectivity index (χ1n) is 9.65. The number of ether oxygens (including phenoxy) is 1. The molecule has 0 N–H and O–H groups in total. The number of aromatic nitrogens is 2. The predicted molar refractivity (Wildman–Crippen MR) is 111 cm³/mol. The summed E-state index contributed by atoms with van der Waals surface area (Å²) in [5, 5.41) is 0. The lowest BCUT2D eigenvalue weighted by Crippen LogP contribution is -2.48. The summed E-state index contributed by atoms with van der Waals surface area (Å²) in [6.07, 6.45) is -7.62. The van der Waals surface area contributed by atoms with E-state index in [0.29, 0.717) is 5.56 Å². The third-order valence-electron chi connectivity index (χ3n) is 5.17. The number of rotatable bonds is 3. The molecule has 0 saturated carbocycles. The third kappa shape index (κ3) is 4.49. The van der Waals surface area contributed by atoms with Crippen molar-refractivity contribution < 1.29 is 31.5 Å². The number of amides is 1. The number of fused-ring (bicyclic) bond motifs is 1. The molecule has 1 saturated heterocycles. The van der Waals surface area contributed by atoms with Gasteiger partial charge in [0.1, 0.15) is 16.2 Å². The maximum atomic E-state index is 13.3. The lowest BCUT2D eigenvalue weighted by molar-refractivity contribution is -0.141. The van der Waals surface area contributed by atoms with Crippen molar-refractivity contribution in [3.05, 3.63) is 68.7 Å². The summed E-state index contributed by atoms with van der Waals surface area (Å²) in [6.45, 7) is -0.0923. The van der Waals surface area contributed by atoms with Gasteiger partial charge in [-0.3, -0.25) is 14.0 Å². The summed E-state index contributed by atoms with van der Waals surface area (Å²) in [5.74, 6) is -0.467. The van der Waals surface area contributed by atoms with E-state index in [4.69, 9.17) is 4.74 Å². The zero-order valence-corrected chi connectivity index (χ0v) is 18.2. The monoisotopic (exact) mass is 531 g/mol. The van der Waals surface area contributed by atoms with Crippen LogP contribution in [0.3, 0.4) is 0 Å². The Balaban J connectivity index is 1.69. The lowest BCUT2D eigenvalue weighted by Gasteiger charge is -2.32. The van der Waals surface area contributed by atoms with Crippen LogP contribution in [0.4, 0.5) is 22.0 Å². The smallest absolute Gasteiger partial charge is 0.369 e. The number of benzene rings is 1. The summed E-state index contributed by atoms with van der Waals surface area (Å²) in [7, 11) is 0. The van der Waals surface area contributed by atoms with E-state index in [0.717, 1.165) is 4.40 Å². The third-order valence-corrected chi connectivity index (χ3v) is 5.89. The van der Waals surface area contributed by atoms with E-state index in [1.807, 2.05) is 0 Å². The molecule has 1 amide bonds. The van der Waals surface area contributed by atoms with E-state index in [9.17, 15) is 31.5 Å². The van der Waals surface area contributed by atoms with Gasteiger partial charge >= 0.3 is 6.18 Å². The molecule has 6 nitrogen and oxygen atoms in total. The Morgan fingerprint density at radius 2 is 1.88 bits per heavy atom. The predicted octanol–water partition coefficient (Wildman–Crippen LogP) is 4.25. The second-order valence-electron chi connectivity index (χ2n) is 7.26. The van der Waals surface area contributed by atoms with Crippen molar-refractivity contribution in [3.63, 3.8) is 0 Å². The Morgan fingerprint density at radius 3 is 2.52 bits per heavy atom. The second-order valence-corrected chi connectivity index (χ2v) is 8.06. The van der Waals surface area contributed by atoms with Crippen LogP contribution < -0.4 is 5.56 Å². The second kappa shape index (κ2) is 8.82. The maximum absolute atomic E-state index is 13.3. The van der Waals surface area contributed by atoms with Crippen LogP contribution in [0, 0.1) is 0 Å². The highest BCUT2D eigenvalue weighted by molar-refractivity contribution is 9.10. The van der Waals surface area contributed by atoms with Crippen LogP contribution in [-0.4, -0.2) is 52.4 Å². The molecule has 1 aromatic carbocycles. The van der Waals surface area contributed by atoms with Gasteiger partial charge in [-0.05, 0) is 45.8 Å². The first-order valence-corrected chi connectivity index (χ1v) is 10.4. The highest BCUT2D eigenvalue weighted by Crippen LogP contribution is 2.33. The van der Waals surface area contributed by atoms with Gasteiger partial charge in [-0.1, -0.05) is 12.1 Å². The molecule has 2 aromatic heterocycles. The first-order chi connectivity index (χ1) is 15.6. The normalized spacial score (nSPS) is 17.1. The number of hydrogen-bond donors (Lipinski definition) is 0. The van der Waals surface area contributed by atoms with Gasteiger partial charge in [0.25, 0.3) is 17.9 Å². The van der Waals surface area contributed by atoms with Crippen LogP contribution in [0.1, 0.15) is 16.1 Å². The molecule has 1 aliphatic heterocycles. The minimum absolute atomic E-state index is 0.00758. The Bertz CT molecular complexity index is 1260. The zero-order valence-electron chi connectivity index (χ0n) is 16.7. The average molecular weight is 532 g/mol. The van der Waals surface area contributed by atoms with Crippen molar-refractivity contribution in [3.8, 4) is 11.1 Å². The van der Waals surface area contributed by atoms with Gasteiger partial charge in [0.15, 0.2) is 5.69 Å². The molecule has 1 fully saturated rings. The van der Waals surface area contributed by atoms with E-state index in [1.165, 1.54) is 47.5 Å². The van der Waals surface area contributed by atoms with Crippen LogP contribution >= 0.6 is 15.9 Å². The minimum atomic E-state index is -4.84. The van der Waals surface area contributed by atoms with Crippen molar-refractivity contribution in [1.29, 1.82) is 0 Å². The number of carbonyl (C=O) groups excluding carboxylic acids is 1. The fourth-order valence-corrected chi connectivity index (χ4v) is 4.05. The van der Waals surface area contributed by atoms with Gasteiger partial charge < -0.3 is 9.64 Å². The van der Waals surface area contributed by atoms with Crippen LogP contribution in [0.5, 0.6) is 0 Å². The molecule has 0 bridgehead atoms. The minimum Gasteiger partial charge on any atom is -0.369 e. The number of halogens is 6. The van der Waals surface area contributed by atoms with Crippen molar-refractivity contribution in [2.75, 3.05) is 19.7 Å². The van der Waals surface area contributed by atoms with Gasteiger partial charge in [0.2, 0.25) is 0 Å². The van der Waals surface area contributed by atoms with Gasteiger partial charge in [-0.15, -0.1) is 0 Å². The topological polar surface area (TPSA) is 63.9 Å². The summed E-state index contributed by atoms with van der Waals surface area (Å²) >= 11 is 2.68. The standard InChI is InChI=1S/C21H15BrF5N3O3/c22-15-16(21(25,26)27)28-18-13(2-1-7-30(18)20(15)32)11-3-5-12(6-4-11)19(31)29-8-9-33-14(10-29)17(23)24/h1-7,14,17H,8-10H2. The lowest BCUT2D eigenvalue weighted by atomic mass is 10.0. The van der Waals surface area contributed by atoms with Crippen LogP contribution in [-0.2, 0) is 10.9 Å². The Kier molecular flexibility index (Phi) is 6.23. The van der Waals surface area contributed by atoms with Crippen LogP contribution in [0.15, 0.2) is 51.9 Å². The number of carbonyl (C=O) groups is 1. The molecule has 1 unspecified atom stereocenters. The number of pyridine rings is 1. The maximum Gasteiger partial charge on any atom is 0.434 e. The number of nitrogens with zero attached hydrogens (tertiary/aromatic N) is 3. The zero-order chi connectivity index (χ0) is 23.9. The molecule has 33 heavy (non-hydrogen) atoms. The molecule has 3 heterocycles. The van der Waals surface area contributed by atoms with E-state index in [1.54, 1.807) is 0 Å². The van der Waals surface area contributed by atoms with E-state index in [-0.39, 0.29) is 36.5 Å². The summed E-state index contributed by atoms with van der Waals surface area (Å²) in [5.41, 5.74) is -1.58. The molecule has 0 spiro atoms. The van der Waals surface area contributed by atoms with Gasteiger partial charge in [0.05, 0.1) is 13.2 Å². The Labute approximate surface area is 191 Å². The number of hydrogen-bond acceptors (Lipinski definition) is 4. The molecule has 3 aromatic rings. The first kappa shape index (κ1) is 23.3. The molecule has 0 aliphatic carbocycles.